The Bertz CT molecular complexity index is 909. The number of nitrogens with zero attached hydrogens (tertiary/aromatic N) is 1. The summed E-state index contributed by atoms with van der Waals surface area (Å²) in [6.45, 7) is 0.490. The second-order valence-corrected chi connectivity index (χ2v) is 5.69. The van der Waals surface area contributed by atoms with Crippen LogP contribution in [0.15, 0.2) is 54.6 Å². The van der Waals surface area contributed by atoms with Crippen molar-refractivity contribution in [2.45, 2.75) is 6.42 Å². The molecule has 6 nitrogen and oxygen atoms in total. The van der Waals surface area contributed by atoms with Crippen LogP contribution in [0.1, 0.15) is 21.7 Å². The first-order valence-electron chi connectivity index (χ1n) is 8.23. The zero-order valence-electron chi connectivity index (χ0n) is 14.4. The van der Waals surface area contributed by atoms with Gasteiger partial charge >= 0.3 is 5.97 Å². The van der Waals surface area contributed by atoms with E-state index in [1.165, 1.54) is 13.2 Å². The molecular weight excluding hydrogens is 330 g/mol. The lowest BCUT2D eigenvalue weighted by Gasteiger charge is -2.01. The zero-order valence-corrected chi connectivity index (χ0v) is 14.4. The number of hydrogen-bond acceptors (Lipinski definition) is 4. The van der Waals surface area contributed by atoms with Crippen molar-refractivity contribution in [2.75, 3.05) is 13.7 Å². The van der Waals surface area contributed by atoms with Gasteiger partial charge in [-0.1, -0.05) is 24.3 Å². The van der Waals surface area contributed by atoms with E-state index in [9.17, 15) is 9.59 Å². The molecule has 0 spiro atoms. The Morgan fingerprint density at radius 1 is 1.15 bits per heavy atom. The maximum atomic E-state index is 11.9. The third kappa shape index (κ3) is 4.36. The van der Waals surface area contributed by atoms with Gasteiger partial charge in [0.25, 0.3) is 0 Å². The van der Waals surface area contributed by atoms with Gasteiger partial charge < -0.3 is 15.0 Å². The van der Waals surface area contributed by atoms with Crippen molar-refractivity contribution in [3.8, 4) is 0 Å². The van der Waals surface area contributed by atoms with Gasteiger partial charge in [0.05, 0.1) is 23.7 Å². The van der Waals surface area contributed by atoms with Gasteiger partial charge in [-0.15, -0.1) is 0 Å². The number of aromatic amines is 1. The van der Waals surface area contributed by atoms with Crippen molar-refractivity contribution in [2.24, 2.45) is 0 Å². The summed E-state index contributed by atoms with van der Waals surface area (Å²) in [6, 6.07) is 14.6. The van der Waals surface area contributed by atoms with E-state index >= 15 is 0 Å². The number of H-pyrrole nitrogens is 1. The first-order chi connectivity index (χ1) is 12.7. The van der Waals surface area contributed by atoms with Crippen LogP contribution in [-0.2, 0) is 16.0 Å². The largest absolute Gasteiger partial charge is 0.465 e. The number of hydrogen-bond donors (Lipinski definition) is 2. The van der Waals surface area contributed by atoms with Gasteiger partial charge in [0.1, 0.15) is 5.82 Å². The van der Waals surface area contributed by atoms with Gasteiger partial charge in [-0.25, -0.2) is 9.78 Å². The van der Waals surface area contributed by atoms with Crippen LogP contribution in [0.5, 0.6) is 0 Å². The fraction of sp³-hybridized carbons (Fsp3) is 0.150. The molecule has 0 aliphatic heterocycles. The third-order valence-corrected chi connectivity index (χ3v) is 3.86. The first-order valence-corrected chi connectivity index (χ1v) is 8.23. The summed E-state index contributed by atoms with van der Waals surface area (Å²) in [4.78, 5) is 31.0. The van der Waals surface area contributed by atoms with Crippen LogP contribution in [0, 0.1) is 0 Å². The Morgan fingerprint density at radius 2 is 1.92 bits per heavy atom. The zero-order chi connectivity index (χ0) is 18.4. The minimum absolute atomic E-state index is 0.182. The van der Waals surface area contributed by atoms with Crippen LogP contribution in [-0.4, -0.2) is 35.5 Å². The van der Waals surface area contributed by atoms with Crippen molar-refractivity contribution in [3.05, 3.63) is 71.6 Å². The van der Waals surface area contributed by atoms with E-state index in [4.69, 9.17) is 0 Å². The first kappa shape index (κ1) is 17.4. The highest BCUT2D eigenvalue weighted by Gasteiger charge is 2.04. The molecule has 0 radical (unpaired) electrons. The van der Waals surface area contributed by atoms with Gasteiger partial charge in [-0.2, -0.15) is 0 Å². The number of ether oxygens (including phenoxy) is 1. The van der Waals surface area contributed by atoms with Crippen LogP contribution >= 0.6 is 0 Å². The predicted octanol–water partition coefficient (Wildman–Crippen LogP) is 2.72. The molecular formula is C20H19N3O3. The number of amides is 1. The number of fused-ring (bicyclic) bond motifs is 1. The molecule has 0 bridgehead atoms. The molecule has 3 rings (SSSR count). The average Bonchev–Trinajstić information content (AvgIpc) is 3.09. The molecule has 0 saturated heterocycles. The van der Waals surface area contributed by atoms with E-state index in [-0.39, 0.29) is 11.9 Å². The quantitative estimate of drug-likeness (QED) is 0.529. The lowest BCUT2D eigenvalue weighted by molar-refractivity contribution is -0.116. The van der Waals surface area contributed by atoms with E-state index in [1.54, 1.807) is 30.3 Å². The normalized spacial score (nSPS) is 11.0. The summed E-state index contributed by atoms with van der Waals surface area (Å²) in [5.41, 5.74) is 3.21. The van der Waals surface area contributed by atoms with Gasteiger partial charge in [0.15, 0.2) is 0 Å². The Balaban J connectivity index is 1.49. The maximum absolute atomic E-state index is 11.9. The Kier molecular flexibility index (Phi) is 5.43. The molecule has 26 heavy (non-hydrogen) atoms. The summed E-state index contributed by atoms with van der Waals surface area (Å²) >= 11 is 0. The second-order valence-electron chi connectivity index (χ2n) is 5.69. The number of methoxy groups -OCH3 is 1. The molecule has 132 valence electrons. The molecule has 0 aliphatic rings. The van der Waals surface area contributed by atoms with Crippen LogP contribution in [0.3, 0.4) is 0 Å². The Labute approximate surface area is 150 Å². The molecule has 0 aliphatic carbocycles. The number of para-hydroxylation sites is 2. The minimum atomic E-state index is -0.385. The Morgan fingerprint density at radius 3 is 2.65 bits per heavy atom. The number of esters is 1. The van der Waals surface area contributed by atoms with Crippen molar-refractivity contribution in [1.82, 2.24) is 15.3 Å². The van der Waals surface area contributed by atoms with Gasteiger partial charge in [-0.05, 0) is 35.9 Å². The molecule has 0 unspecified atom stereocenters. The van der Waals surface area contributed by atoms with Gasteiger partial charge in [0.2, 0.25) is 5.91 Å². The summed E-state index contributed by atoms with van der Waals surface area (Å²) < 4.78 is 4.65. The molecule has 1 aromatic heterocycles. The van der Waals surface area contributed by atoms with E-state index in [2.05, 4.69) is 20.0 Å². The van der Waals surface area contributed by atoms with Crippen molar-refractivity contribution < 1.29 is 14.3 Å². The molecule has 6 heteroatoms. The number of carbonyl (C=O) groups is 2. The number of nitrogens with one attached hydrogen (secondary N) is 2. The summed E-state index contributed by atoms with van der Waals surface area (Å²) in [5, 5.41) is 2.82. The summed E-state index contributed by atoms with van der Waals surface area (Å²) in [5.74, 6) is 0.274. The molecule has 3 aromatic rings. The van der Waals surface area contributed by atoms with Crippen LogP contribution in [0.25, 0.3) is 17.1 Å². The van der Waals surface area contributed by atoms with Crippen LogP contribution < -0.4 is 5.32 Å². The average molecular weight is 349 g/mol. The third-order valence-electron chi connectivity index (χ3n) is 3.86. The van der Waals surface area contributed by atoms with Crippen molar-refractivity contribution >= 4 is 29.0 Å². The lowest BCUT2D eigenvalue weighted by Crippen LogP contribution is -2.23. The van der Waals surface area contributed by atoms with Crippen molar-refractivity contribution in [1.29, 1.82) is 0 Å². The molecule has 0 fully saturated rings. The SMILES string of the molecule is COC(=O)c1ccc(C=CC(=O)NCCc2nc3ccccc3[nH]2)cc1. The summed E-state index contributed by atoms with van der Waals surface area (Å²) in [6.07, 6.45) is 3.78. The fourth-order valence-electron chi connectivity index (χ4n) is 2.51. The highest BCUT2D eigenvalue weighted by Crippen LogP contribution is 2.10. The van der Waals surface area contributed by atoms with E-state index < -0.39 is 0 Å². The minimum Gasteiger partial charge on any atom is -0.465 e. The number of aromatic nitrogens is 2. The Hall–Kier alpha value is -3.41. The lowest BCUT2D eigenvalue weighted by atomic mass is 10.1. The highest BCUT2D eigenvalue weighted by atomic mass is 16.5. The topological polar surface area (TPSA) is 84.1 Å². The molecule has 2 aromatic carbocycles. The van der Waals surface area contributed by atoms with E-state index in [0.717, 1.165) is 22.4 Å². The van der Waals surface area contributed by atoms with Crippen molar-refractivity contribution in [3.63, 3.8) is 0 Å². The monoisotopic (exact) mass is 349 g/mol. The second kappa shape index (κ2) is 8.11. The van der Waals surface area contributed by atoms with Crippen LogP contribution in [0.2, 0.25) is 0 Å². The number of rotatable bonds is 6. The fourth-order valence-corrected chi connectivity index (χ4v) is 2.51. The highest BCUT2D eigenvalue weighted by molar-refractivity contribution is 5.92. The number of benzene rings is 2. The number of carbonyl (C=O) groups excluding carboxylic acids is 2. The molecule has 2 N–H and O–H groups in total. The van der Waals surface area contributed by atoms with E-state index in [1.807, 2.05) is 24.3 Å². The van der Waals surface area contributed by atoms with Gasteiger partial charge in [-0.3, -0.25) is 4.79 Å². The molecule has 1 amide bonds. The number of imidazole rings is 1. The van der Waals surface area contributed by atoms with Crippen LogP contribution in [0.4, 0.5) is 0 Å². The molecule has 0 atom stereocenters. The smallest absolute Gasteiger partial charge is 0.337 e. The summed E-state index contributed by atoms with van der Waals surface area (Å²) in [7, 11) is 1.34. The van der Waals surface area contributed by atoms with Gasteiger partial charge in [0, 0.05) is 19.0 Å². The predicted molar refractivity (Wildman–Crippen MR) is 99.6 cm³/mol. The van der Waals surface area contributed by atoms with E-state index in [0.29, 0.717) is 18.5 Å². The molecule has 0 saturated carbocycles. The maximum Gasteiger partial charge on any atom is 0.337 e. The molecule has 1 heterocycles. The standard InChI is InChI=1S/C20H19N3O3/c1-26-20(25)15-9-6-14(7-10-15)8-11-19(24)21-13-12-18-22-16-4-2-3-5-17(16)23-18/h2-11H,12-13H2,1H3,(H,21,24)(H,22,23).